The van der Waals surface area contributed by atoms with Gasteiger partial charge in [0.2, 0.25) is 0 Å². The van der Waals surface area contributed by atoms with Gasteiger partial charge in [0, 0.05) is 39.3 Å². The minimum absolute atomic E-state index is 0.151. The van der Waals surface area contributed by atoms with Gasteiger partial charge in [-0.2, -0.15) is 0 Å². The summed E-state index contributed by atoms with van der Waals surface area (Å²) in [6.45, 7) is 11.3. The zero-order valence-electron chi connectivity index (χ0n) is 15.0. The highest BCUT2D eigenvalue weighted by molar-refractivity contribution is 5.79. The van der Waals surface area contributed by atoms with Crippen LogP contribution in [0.4, 0.5) is 0 Å². The van der Waals surface area contributed by atoms with Crippen LogP contribution in [-0.4, -0.2) is 43.6 Å². The topological polar surface area (TPSA) is 39.7 Å². The lowest BCUT2D eigenvalue weighted by molar-refractivity contribution is 0.422. The zero-order valence-corrected chi connectivity index (χ0v) is 15.0. The maximum absolute atomic E-state index is 4.36. The van der Waals surface area contributed by atoms with Crippen molar-refractivity contribution in [2.75, 3.05) is 27.2 Å². The first-order valence-corrected chi connectivity index (χ1v) is 8.10. The largest absolute Gasteiger partial charge is 0.355 e. The van der Waals surface area contributed by atoms with E-state index in [-0.39, 0.29) is 5.54 Å². The Labute approximate surface area is 136 Å². The molecule has 0 bridgehead atoms. The monoisotopic (exact) mass is 304 g/mol. The lowest BCUT2D eigenvalue weighted by atomic mass is 10.1. The molecule has 0 aliphatic carbocycles. The van der Waals surface area contributed by atoms with Crippen LogP contribution in [0.2, 0.25) is 0 Å². The number of aliphatic imine (C=N–C) groups is 1. The van der Waals surface area contributed by atoms with Crippen molar-refractivity contribution in [3.63, 3.8) is 0 Å². The van der Waals surface area contributed by atoms with E-state index in [2.05, 4.69) is 79.5 Å². The van der Waals surface area contributed by atoms with Gasteiger partial charge in [0.25, 0.3) is 0 Å². The maximum Gasteiger partial charge on any atom is 0.193 e. The molecule has 0 saturated carbocycles. The molecule has 0 saturated heterocycles. The molecule has 4 heteroatoms. The highest BCUT2D eigenvalue weighted by Gasteiger charge is 2.09. The number of nitrogens with zero attached hydrogens (tertiary/aromatic N) is 2. The third-order valence-electron chi connectivity index (χ3n) is 3.49. The van der Waals surface area contributed by atoms with Crippen LogP contribution in [0.5, 0.6) is 0 Å². The Morgan fingerprint density at radius 3 is 2.18 bits per heavy atom. The first kappa shape index (κ1) is 18.5. The molecule has 0 aliphatic heterocycles. The molecule has 124 valence electrons. The minimum Gasteiger partial charge on any atom is -0.355 e. The predicted molar refractivity (Wildman–Crippen MR) is 96.4 cm³/mol. The number of benzene rings is 1. The summed E-state index contributed by atoms with van der Waals surface area (Å²) in [5.41, 5.74) is 2.83. The fourth-order valence-corrected chi connectivity index (χ4v) is 2.23. The molecule has 2 N–H and O–H groups in total. The van der Waals surface area contributed by atoms with Crippen molar-refractivity contribution >= 4 is 5.96 Å². The Kier molecular flexibility index (Phi) is 7.39. The molecule has 0 unspecified atom stereocenters. The Hall–Kier alpha value is -1.55. The molecular formula is C18H32N4. The SMILES string of the molecule is CCc1ccc(CN(C)C(=NC)NCCNC(C)(C)C)cc1. The van der Waals surface area contributed by atoms with E-state index in [9.17, 15) is 0 Å². The van der Waals surface area contributed by atoms with Crippen molar-refractivity contribution in [2.45, 2.75) is 46.2 Å². The number of hydrogen-bond acceptors (Lipinski definition) is 2. The molecule has 1 rings (SSSR count). The van der Waals surface area contributed by atoms with Gasteiger partial charge in [-0.1, -0.05) is 31.2 Å². The molecule has 0 aromatic heterocycles. The van der Waals surface area contributed by atoms with Gasteiger partial charge >= 0.3 is 0 Å². The predicted octanol–water partition coefficient (Wildman–Crippen LogP) is 2.64. The summed E-state index contributed by atoms with van der Waals surface area (Å²) in [5.74, 6) is 0.926. The summed E-state index contributed by atoms with van der Waals surface area (Å²) in [6.07, 6.45) is 1.08. The number of aryl methyl sites for hydroxylation is 1. The van der Waals surface area contributed by atoms with Crippen LogP contribution in [0.1, 0.15) is 38.8 Å². The molecular weight excluding hydrogens is 272 g/mol. The second kappa shape index (κ2) is 8.79. The van der Waals surface area contributed by atoms with Crippen LogP contribution in [0.25, 0.3) is 0 Å². The quantitative estimate of drug-likeness (QED) is 0.482. The molecule has 1 aromatic rings. The van der Waals surface area contributed by atoms with E-state index in [0.717, 1.165) is 32.0 Å². The summed E-state index contributed by atoms with van der Waals surface area (Å²) in [6, 6.07) is 8.80. The molecule has 0 heterocycles. The van der Waals surface area contributed by atoms with E-state index in [1.807, 2.05) is 7.05 Å². The molecule has 0 spiro atoms. The summed E-state index contributed by atoms with van der Waals surface area (Å²) in [4.78, 5) is 6.51. The van der Waals surface area contributed by atoms with Crippen molar-refractivity contribution in [2.24, 2.45) is 4.99 Å². The highest BCUT2D eigenvalue weighted by atomic mass is 15.3. The zero-order chi connectivity index (χ0) is 16.6. The summed E-state index contributed by atoms with van der Waals surface area (Å²) >= 11 is 0. The summed E-state index contributed by atoms with van der Waals surface area (Å²) in [7, 11) is 3.90. The Bertz CT molecular complexity index is 457. The number of nitrogens with one attached hydrogen (secondary N) is 2. The number of rotatable bonds is 6. The fourth-order valence-electron chi connectivity index (χ4n) is 2.23. The molecule has 0 aliphatic rings. The van der Waals surface area contributed by atoms with Gasteiger partial charge in [-0.25, -0.2) is 0 Å². The minimum atomic E-state index is 0.151. The normalized spacial score (nSPS) is 12.4. The van der Waals surface area contributed by atoms with Crippen LogP contribution in [-0.2, 0) is 13.0 Å². The van der Waals surface area contributed by atoms with Gasteiger partial charge in [0.05, 0.1) is 0 Å². The molecule has 4 nitrogen and oxygen atoms in total. The lowest BCUT2D eigenvalue weighted by Gasteiger charge is -2.24. The van der Waals surface area contributed by atoms with E-state index in [1.54, 1.807) is 0 Å². The van der Waals surface area contributed by atoms with Crippen LogP contribution in [0, 0.1) is 0 Å². The maximum atomic E-state index is 4.36. The van der Waals surface area contributed by atoms with Crippen molar-refractivity contribution < 1.29 is 0 Å². The van der Waals surface area contributed by atoms with Crippen molar-refractivity contribution in [1.29, 1.82) is 0 Å². The van der Waals surface area contributed by atoms with E-state index in [4.69, 9.17) is 0 Å². The van der Waals surface area contributed by atoms with E-state index >= 15 is 0 Å². The van der Waals surface area contributed by atoms with Crippen LogP contribution in [0.3, 0.4) is 0 Å². The Balaban J connectivity index is 2.45. The van der Waals surface area contributed by atoms with E-state index in [1.165, 1.54) is 11.1 Å². The van der Waals surface area contributed by atoms with Gasteiger partial charge in [-0.3, -0.25) is 4.99 Å². The molecule has 22 heavy (non-hydrogen) atoms. The van der Waals surface area contributed by atoms with Crippen molar-refractivity contribution in [3.8, 4) is 0 Å². The Morgan fingerprint density at radius 1 is 1.09 bits per heavy atom. The summed E-state index contributed by atoms with van der Waals surface area (Å²) < 4.78 is 0. The van der Waals surface area contributed by atoms with Gasteiger partial charge in [-0.15, -0.1) is 0 Å². The molecule has 0 amide bonds. The third-order valence-corrected chi connectivity index (χ3v) is 3.49. The van der Waals surface area contributed by atoms with E-state index < -0.39 is 0 Å². The van der Waals surface area contributed by atoms with Crippen LogP contribution in [0.15, 0.2) is 29.3 Å². The first-order valence-electron chi connectivity index (χ1n) is 8.10. The van der Waals surface area contributed by atoms with Gasteiger partial charge in [-0.05, 0) is 38.3 Å². The molecule has 0 fully saturated rings. The van der Waals surface area contributed by atoms with Crippen molar-refractivity contribution in [3.05, 3.63) is 35.4 Å². The molecule has 0 radical (unpaired) electrons. The van der Waals surface area contributed by atoms with Crippen LogP contribution >= 0.6 is 0 Å². The standard InChI is InChI=1S/C18H32N4/c1-7-15-8-10-16(11-9-15)14-22(6)17(19-5)20-12-13-21-18(2,3)4/h8-11,21H,7,12-14H2,1-6H3,(H,19,20). The average molecular weight is 304 g/mol. The first-order chi connectivity index (χ1) is 10.4. The smallest absolute Gasteiger partial charge is 0.193 e. The molecule has 1 aromatic carbocycles. The van der Waals surface area contributed by atoms with Gasteiger partial charge in [0.15, 0.2) is 5.96 Å². The molecule has 0 atom stereocenters. The lowest BCUT2D eigenvalue weighted by Crippen LogP contribution is -2.44. The third kappa shape index (κ3) is 6.94. The summed E-state index contributed by atoms with van der Waals surface area (Å²) in [5, 5.41) is 6.86. The van der Waals surface area contributed by atoms with E-state index in [0.29, 0.717) is 0 Å². The average Bonchev–Trinajstić information content (AvgIpc) is 2.47. The number of guanidine groups is 1. The van der Waals surface area contributed by atoms with Crippen molar-refractivity contribution in [1.82, 2.24) is 15.5 Å². The Morgan fingerprint density at radius 2 is 1.68 bits per heavy atom. The second-order valence-corrected chi connectivity index (χ2v) is 6.68. The van der Waals surface area contributed by atoms with Gasteiger partial charge in [0.1, 0.15) is 0 Å². The number of hydrogen-bond donors (Lipinski definition) is 2. The van der Waals surface area contributed by atoms with Crippen LogP contribution < -0.4 is 10.6 Å². The van der Waals surface area contributed by atoms with Gasteiger partial charge < -0.3 is 15.5 Å². The highest BCUT2D eigenvalue weighted by Crippen LogP contribution is 2.07. The fraction of sp³-hybridized carbons (Fsp3) is 0.611. The second-order valence-electron chi connectivity index (χ2n) is 6.68.